The summed E-state index contributed by atoms with van der Waals surface area (Å²) in [7, 11) is 0. The van der Waals surface area contributed by atoms with E-state index in [1.165, 1.54) is 6.42 Å². The van der Waals surface area contributed by atoms with E-state index >= 15 is 0 Å². The molecular weight excluding hydrogens is 265 g/mol. The Morgan fingerprint density at radius 3 is 2.35 bits per heavy atom. The number of nitrogens with one attached hydrogen (secondary N) is 1. The fraction of sp³-hybridized carbons (Fsp3) is 0.600. The van der Waals surface area contributed by atoms with Crippen molar-refractivity contribution in [3.8, 4) is 0 Å². The van der Waals surface area contributed by atoms with E-state index in [0.29, 0.717) is 11.5 Å². The van der Waals surface area contributed by atoms with Gasteiger partial charge < -0.3 is 0 Å². The molecule has 0 saturated heterocycles. The molecule has 20 heavy (non-hydrogen) atoms. The summed E-state index contributed by atoms with van der Waals surface area (Å²) in [5.41, 5.74) is 3.05. The van der Waals surface area contributed by atoms with Crippen molar-refractivity contribution in [3.63, 3.8) is 0 Å². The van der Waals surface area contributed by atoms with Gasteiger partial charge in [0, 0.05) is 6.04 Å². The molecule has 0 aromatic heterocycles. The summed E-state index contributed by atoms with van der Waals surface area (Å²) in [5, 5.41) is 0. The lowest BCUT2D eigenvalue weighted by atomic mass is 9.72. The summed E-state index contributed by atoms with van der Waals surface area (Å²) in [6, 6.07) is 1.75. The molecule has 5 heteroatoms. The van der Waals surface area contributed by atoms with Crippen LogP contribution in [0.25, 0.3) is 0 Å². The zero-order valence-electron chi connectivity index (χ0n) is 11.6. The molecular formula is C15H21F3N2. The molecule has 1 aliphatic carbocycles. The molecule has 1 aromatic rings. The highest BCUT2D eigenvalue weighted by Gasteiger charge is 2.32. The summed E-state index contributed by atoms with van der Waals surface area (Å²) >= 11 is 0. The van der Waals surface area contributed by atoms with E-state index in [1.54, 1.807) is 0 Å². The van der Waals surface area contributed by atoms with Crippen molar-refractivity contribution in [1.82, 2.24) is 5.43 Å². The van der Waals surface area contributed by atoms with E-state index in [9.17, 15) is 13.2 Å². The first-order valence-corrected chi connectivity index (χ1v) is 7.19. The first kappa shape index (κ1) is 15.3. The minimum Gasteiger partial charge on any atom is -0.271 e. The van der Waals surface area contributed by atoms with Crippen LogP contribution in [0.4, 0.5) is 13.2 Å². The molecule has 112 valence electrons. The normalized spacial score (nSPS) is 24.6. The maximum atomic E-state index is 13.4. The third-order valence-corrected chi connectivity index (χ3v) is 4.47. The second-order valence-electron chi connectivity index (χ2n) is 5.56. The lowest BCUT2D eigenvalue weighted by molar-refractivity contribution is 0.175. The summed E-state index contributed by atoms with van der Waals surface area (Å²) in [6.07, 6.45) is 5.35. The van der Waals surface area contributed by atoms with Crippen LogP contribution < -0.4 is 11.3 Å². The van der Waals surface area contributed by atoms with Crippen LogP contribution in [0.5, 0.6) is 0 Å². The lowest BCUT2D eigenvalue weighted by Gasteiger charge is -2.36. The molecule has 1 fully saturated rings. The van der Waals surface area contributed by atoms with Gasteiger partial charge in [0.25, 0.3) is 0 Å². The van der Waals surface area contributed by atoms with Gasteiger partial charge in [-0.1, -0.05) is 32.6 Å². The number of nitrogens with two attached hydrogens (primary N) is 1. The van der Waals surface area contributed by atoms with E-state index in [4.69, 9.17) is 5.84 Å². The largest absolute Gasteiger partial charge is 0.271 e. The standard InChI is InChI=1S/C15H21F3N2/c1-2-9-5-3-4-6-11(9)15(20-19)10-7-12(16)14(18)13(17)8-10/h7-9,11,15,20H,2-6,19H2,1H3. The maximum Gasteiger partial charge on any atom is 0.194 e. The first-order valence-electron chi connectivity index (χ1n) is 7.19. The number of hydrazine groups is 1. The molecule has 3 atom stereocenters. The Bertz CT molecular complexity index is 441. The third-order valence-electron chi connectivity index (χ3n) is 4.47. The van der Waals surface area contributed by atoms with Gasteiger partial charge in [-0.15, -0.1) is 0 Å². The van der Waals surface area contributed by atoms with Crippen molar-refractivity contribution in [3.05, 3.63) is 35.1 Å². The minimum atomic E-state index is -1.43. The molecule has 0 radical (unpaired) electrons. The van der Waals surface area contributed by atoms with E-state index < -0.39 is 17.5 Å². The van der Waals surface area contributed by atoms with Crippen LogP contribution in [0, 0.1) is 29.3 Å². The zero-order chi connectivity index (χ0) is 14.7. The number of rotatable bonds is 4. The summed E-state index contributed by atoms with van der Waals surface area (Å²) in [4.78, 5) is 0. The Kier molecular flexibility index (Phi) is 5.05. The fourth-order valence-corrected chi connectivity index (χ4v) is 3.40. The van der Waals surface area contributed by atoms with E-state index in [1.807, 2.05) is 0 Å². The van der Waals surface area contributed by atoms with Crippen LogP contribution >= 0.6 is 0 Å². The average Bonchev–Trinajstić information content (AvgIpc) is 2.46. The molecule has 3 N–H and O–H groups in total. The topological polar surface area (TPSA) is 38.0 Å². The highest BCUT2D eigenvalue weighted by molar-refractivity contribution is 5.23. The van der Waals surface area contributed by atoms with Crippen LogP contribution in [0.3, 0.4) is 0 Å². The molecule has 1 saturated carbocycles. The second-order valence-corrected chi connectivity index (χ2v) is 5.56. The van der Waals surface area contributed by atoms with Crippen LogP contribution in [-0.4, -0.2) is 0 Å². The van der Waals surface area contributed by atoms with Gasteiger partial charge >= 0.3 is 0 Å². The Morgan fingerprint density at radius 2 is 1.80 bits per heavy atom. The van der Waals surface area contributed by atoms with Crippen LogP contribution in [0.1, 0.15) is 50.6 Å². The van der Waals surface area contributed by atoms with Gasteiger partial charge in [-0.3, -0.25) is 11.3 Å². The van der Waals surface area contributed by atoms with Crippen molar-refractivity contribution in [1.29, 1.82) is 0 Å². The minimum absolute atomic E-state index is 0.225. The number of halogens is 3. The average molecular weight is 286 g/mol. The molecule has 1 aliphatic rings. The van der Waals surface area contributed by atoms with Crippen LogP contribution in [0.2, 0.25) is 0 Å². The third kappa shape index (κ3) is 2.99. The summed E-state index contributed by atoms with van der Waals surface area (Å²) < 4.78 is 39.9. The molecule has 0 spiro atoms. The molecule has 0 heterocycles. The molecule has 0 bridgehead atoms. The fourth-order valence-electron chi connectivity index (χ4n) is 3.40. The van der Waals surface area contributed by atoms with Crippen molar-refractivity contribution in [2.24, 2.45) is 17.7 Å². The highest BCUT2D eigenvalue weighted by atomic mass is 19.2. The van der Waals surface area contributed by atoms with Gasteiger partial charge in [0.15, 0.2) is 17.5 Å². The van der Waals surface area contributed by atoms with Crippen LogP contribution in [0.15, 0.2) is 12.1 Å². The van der Waals surface area contributed by atoms with Crippen molar-refractivity contribution >= 4 is 0 Å². The SMILES string of the molecule is CCC1CCCCC1C(NN)c1cc(F)c(F)c(F)c1. The summed E-state index contributed by atoms with van der Waals surface area (Å²) in [5.74, 6) is 2.54. The Hall–Kier alpha value is -1.07. The number of hydrogen-bond donors (Lipinski definition) is 2. The van der Waals surface area contributed by atoms with E-state index in [0.717, 1.165) is 37.8 Å². The predicted molar refractivity (Wildman–Crippen MR) is 72.1 cm³/mol. The molecule has 2 rings (SSSR count). The molecule has 0 aliphatic heterocycles. The first-order chi connectivity index (χ1) is 9.58. The Morgan fingerprint density at radius 1 is 1.20 bits per heavy atom. The lowest BCUT2D eigenvalue weighted by Crippen LogP contribution is -2.38. The smallest absolute Gasteiger partial charge is 0.194 e. The monoisotopic (exact) mass is 286 g/mol. The second kappa shape index (κ2) is 6.59. The maximum absolute atomic E-state index is 13.4. The molecule has 0 amide bonds. The molecule has 1 aromatic carbocycles. The van der Waals surface area contributed by atoms with E-state index in [2.05, 4.69) is 12.3 Å². The van der Waals surface area contributed by atoms with Gasteiger partial charge in [-0.25, -0.2) is 13.2 Å². The van der Waals surface area contributed by atoms with Gasteiger partial charge in [-0.05, 0) is 36.0 Å². The van der Waals surface area contributed by atoms with Crippen molar-refractivity contribution in [2.75, 3.05) is 0 Å². The quantitative estimate of drug-likeness (QED) is 0.501. The number of benzene rings is 1. The van der Waals surface area contributed by atoms with Crippen molar-refractivity contribution in [2.45, 2.75) is 45.1 Å². The number of hydrogen-bond acceptors (Lipinski definition) is 2. The molecule has 2 nitrogen and oxygen atoms in total. The van der Waals surface area contributed by atoms with Gasteiger partial charge in [0.05, 0.1) is 0 Å². The van der Waals surface area contributed by atoms with Gasteiger partial charge in [0.1, 0.15) is 0 Å². The summed E-state index contributed by atoms with van der Waals surface area (Å²) in [6.45, 7) is 2.11. The zero-order valence-corrected chi connectivity index (χ0v) is 11.6. The highest BCUT2D eigenvalue weighted by Crippen LogP contribution is 2.40. The molecule has 3 unspecified atom stereocenters. The predicted octanol–water partition coefficient (Wildman–Crippen LogP) is 3.82. The van der Waals surface area contributed by atoms with Gasteiger partial charge in [0.2, 0.25) is 0 Å². The van der Waals surface area contributed by atoms with Crippen molar-refractivity contribution < 1.29 is 13.2 Å². The van der Waals surface area contributed by atoms with Crippen LogP contribution in [-0.2, 0) is 0 Å². The Balaban J connectivity index is 2.31. The van der Waals surface area contributed by atoms with Gasteiger partial charge in [-0.2, -0.15) is 0 Å². The van der Waals surface area contributed by atoms with E-state index in [-0.39, 0.29) is 12.0 Å². The Labute approximate surface area is 117 Å².